The molecule has 1 aliphatic rings. The molecule has 4 N–H and O–H groups in total. The molecule has 0 aromatic heterocycles. The van der Waals surface area contributed by atoms with Crippen molar-refractivity contribution in [2.75, 3.05) is 13.7 Å². The maximum Gasteiger partial charge on any atom is 0.241 e. The van der Waals surface area contributed by atoms with Crippen molar-refractivity contribution in [1.82, 2.24) is 10.0 Å². The number of carbonyl (C=O) groups is 1. The predicted octanol–water partition coefficient (Wildman–Crippen LogP) is 0.852. The molecule has 0 spiro atoms. The van der Waals surface area contributed by atoms with E-state index in [0.29, 0.717) is 18.2 Å². The zero-order chi connectivity index (χ0) is 18.6. The smallest absolute Gasteiger partial charge is 0.241 e. The Bertz CT molecular complexity index is 684. The summed E-state index contributed by atoms with van der Waals surface area (Å²) in [7, 11) is -2.31. The van der Waals surface area contributed by atoms with Gasteiger partial charge in [0, 0.05) is 12.6 Å². The molecule has 1 aliphatic carbocycles. The van der Waals surface area contributed by atoms with Crippen LogP contribution in [0.4, 0.5) is 0 Å². The van der Waals surface area contributed by atoms with Crippen LogP contribution in [-0.4, -0.2) is 40.1 Å². The third-order valence-corrected chi connectivity index (χ3v) is 5.80. The molecule has 1 fully saturated rings. The topological polar surface area (TPSA) is 111 Å². The second-order valence-corrected chi connectivity index (χ2v) is 8.48. The Balaban J connectivity index is 2.03. The van der Waals surface area contributed by atoms with Crippen LogP contribution in [0.1, 0.15) is 26.7 Å². The van der Waals surface area contributed by atoms with Crippen LogP contribution in [0.5, 0.6) is 5.75 Å². The lowest BCUT2D eigenvalue weighted by Crippen LogP contribution is -2.51. The summed E-state index contributed by atoms with van der Waals surface area (Å²) in [6, 6.07) is 5.08. The second kappa shape index (κ2) is 8.16. The average Bonchev–Trinajstić information content (AvgIpc) is 3.42. The molecule has 1 saturated carbocycles. The zero-order valence-electron chi connectivity index (χ0n) is 14.9. The molecule has 25 heavy (non-hydrogen) atoms. The van der Waals surface area contributed by atoms with Gasteiger partial charge >= 0.3 is 0 Å². The number of methoxy groups -OCH3 is 1. The van der Waals surface area contributed by atoms with Crippen molar-refractivity contribution >= 4 is 15.9 Å². The fraction of sp³-hybridized carbons (Fsp3) is 0.588. The highest BCUT2D eigenvalue weighted by molar-refractivity contribution is 7.89. The highest BCUT2D eigenvalue weighted by Crippen LogP contribution is 2.31. The van der Waals surface area contributed by atoms with Gasteiger partial charge in [-0.1, -0.05) is 13.8 Å². The molecule has 0 saturated heterocycles. The zero-order valence-corrected chi connectivity index (χ0v) is 15.7. The Labute approximate surface area is 149 Å². The van der Waals surface area contributed by atoms with Crippen LogP contribution >= 0.6 is 0 Å². The van der Waals surface area contributed by atoms with Crippen molar-refractivity contribution in [3.63, 3.8) is 0 Å². The number of carbonyl (C=O) groups excluding carboxylic acids is 1. The van der Waals surface area contributed by atoms with Crippen molar-refractivity contribution in [3.05, 3.63) is 24.3 Å². The number of hydrogen-bond donors (Lipinski definition) is 3. The molecule has 7 nitrogen and oxygen atoms in total. The Morgan fingerprint density at radius 1 is 1.28 bits per heavy atom. The van der Waals surface area contributed by atoms with Gasteiger partial charge in [0.1, 0.15) is 11.8 Å². The fourth-order valence-electron chi connectivity index (χ4n) is 2.50. The summed E-state index contributed by atoms with van der Waals surface area (Å²) in [5, 5.41) is 2.77. The standard InChI is InChI=1S/C17H27N3O4S/c1-11(2)16(17(21)19-10-15(18)12-4-5-12)20-25(22,23)14-8-6-13(24-3)7-9-14/h6-9,11-12,15-16,20H,4-5,10,18H2,1-3H3,(H,19,21). The molecule has 0 radical (unpaired) electrons. The van der Waals surface area contributed by atoms with Crippen molar-refractivity contribution in [2.45, 2.75) is 43.7 Å². The molecule has 1 aromatic rings. The number of ether oxygens (including phenoxy) is 1. The van der Waals surface area contributed by atoms with Crippen LogP contribution in [0, 0.1) is 11.8 Å². The number of rotatable bonds is 9. The first-order valence-corrected chi connectivity index (χ1v) is 9.92. The van der Waals surface area contributed by atoms with Gasteiger partial charge in [0.05, 0.1) is 12.0 Å². The summed E-state index contributed by atoms with van der Waals surface area (Å²) >= 11 is 0. The number of nitrogens with two attached hydrogens (primary N) is 1. The van der Waals surface area contributed by atoms with Gasteiger partial charge in [0.2, 0.25) is 15.9 Å². The van der Waals surface area contributed by atoms with Crippen molar-refractivity contribution in [3.8, 4) is 5.75 Å². The van der Waals surface area contributed by atoms with Gasteiger partial charge in [-0.15, -0.1) is 0 Å². The van der Waals surface area contributed by atoms with E-state index >= 15 is 0 Å². The van der Waals surface area contributed by atoms with E-state index in [1.165, 1.54) is 19.2 Å². The third kappa shape index (κ3) is 5.42. The monoisotopic (exact) mass is 369 g/mol. The van der Waals surface area contributed by atoms with Crippen LogP contribution in [0.15, 0.2) is 29.2 Å². The number of amides is 1. The van der Waals surface area contributed by atoms with Crippen LogP contribution in [0.3, 0.4) is 0 Å². The van der Waals surface area contributed by atoms with Crippen molar-refractivity contribution < 1.29 is 17.9 Å². The van der Waals surface area contributed by atoms with E-state index in [1.807, 2.05) is 0 Å². The first kappa shape index (κ1) is 19.7. The molecule has 140 valence electrons. The first-order valence-electron chi connectivity index (χ1n) is 8.44. The molecule has 1 aromatic carbocycles. The largest absolute Gasteiger partial charge is 0.497 e. The highest BCUT2D eigenvalue weighted by Gasteiger charge is 2.31. The maximum absolute atomic E-state index is 12.6. The van der Waals surface area contributed by atoms with Crippen LogP contribution in [-0.2, 0) is 14.8 Å². The summed E-state index contributed by atoms with van der Waals surface area (Å²) < 4.78 is 32.6. The minimum Gasteiger partial charge on any atom is -0.497 e. The number of benzene rings is 1. The SMILES string of the molecule is COc1ccc(S(=O)(=O)NC(C(=O)NCC(N)C2CC2)C(C)C)cc1. The van der Waals surface area contributed by atoms with E-state index in [4.69, 9.17) is 10.5 Å². The predicted molar refractivity (Wildman–Crippen MR) is 95.7 cm³/mol. The Hall–Kier alpha value is -1.64. The number of nitrogens with one attached hydrogen (secondary N) is 2. The minimum atomic E-state index is -3.81. The molecule has 2 rings (SSSR count). The van der Waals surface area contributed by atoms with Gasteiger partial charge in [-0.3, -0.25) is 4.79 Å². The molecule has 1 amide bonds. The Morgan fingerprint density at radius 3 is 2.36 bits per heavy atom. The summed E-state index contributed by atoms with van der Waals surface area (Å²) in [5.74, 6) is 0.466. The van der Waals surface area contributed by atoms with E-state index in [2.05, 4.69) is 10.0 Å². The maximum atomic E-state index is 12.6. The molecular weight excluding hydrogens is 342 g/mol. The normalized spacial score (nSPS) is 17.2. The van der Waals surface area contributed by atoms with Crippen LogP contribution in [0.25, 0.3) is 0 Å². The minimum absolute atomic E-state index is 0.0741. The highest BCUT2D eigenvalue weighted by atomic mass is 32.2. The van der Waals surface area contributed by atoms with Gasteiger partial charge < -0.3 is 15.8 Å². The quantitative estimate of drug-likeness (QED) is 0.598. The summed E-state index contributed by atoms with van der Waals surface area (Å²) in [4.78, 5) is 12.5. The fourth-order valence-corrected chi connectivity index (χ4v) is 3.85. The van der Waals surface area contributed by atoms with Crippen LogP contribution < -0.4 is 20.5 Å². The Kier molecular flexibility index (Phi) is 6.42. The lowest BCUT2D eigenvalue weighted by Gasteiger charge is -2.22. The van der Waals surface area contributed by atoms with Crippen molar-refractivity contribution in [1.29, 1.82) is 0 Å². The molecule has 2 atom stereocenters. The lowest BCUT2D eigenvalue weighted by molar-refractivity contribution is -0.123. The van der Waals surface area contributed by atoms with E-state index in [-0.39, 0.29) is 22.8 Å². The van der Waals surface area contributed by atoms with Gasteiger partial charge in [0.25, 0.3) is 0 Å². The van der Waals surface area contributed by atoms with Gasteiger partial charge in [-0.2, -0.15) is 4.72 Å². The summed E-state index contributed by atoms with van der Waals surface area (Å²) in [6.45, 7) is 3.94. The van der Waals surface area contributed by atoms with Crippen molar-refractivity contribution in [2.24, 2.45) is 17.6 Å². The van der Waals surface area contributed by atoms with Gasteiger partial charge in [-0.25, -0.2) is 8.42 Å². The summed E-state index contributed by atoms with van der Waals surface area (Å²) in [5.41, 5.74) is 5.98. The van der Waals surface area contributed by atoms with E-state index < -0.39 is 16.1 Å². The molecule has 0 heterocycles. The Morgan fingerprint density at radius 2 is 1.88 bits per heavy atom. The molecule has 8 heteroatoms. The van der Waals surface area contributed by atoms with Gasteiger partial charge in [0.15, 0.2) is 0 Å². The first-order chi connectivity index (χ1) is 11.7. The number of hydrogen-bond acceptors (Lipinski definition) is 5. The molecular formula is C17H27N3O4S. The lowest BCUT2D eigenvalue weighted by atomic mass is 10.0. The third-order valence-electron chi connectivity index (χ3n) is 4.34. The van der Waals surface area contributed by atoms with E-state index in [0.717, 1.165) is 12.8 Å². The van der Waals surface area contributed by atoms with E-state index in [1.54, 1.807) is 26.0 Å². The molecule has 0 bridgehead atoms. The average molecular weight is 369 g/mol. The molecule has 2 unspecified atom stereocenters. The second-order valence-electron chi connectivity index (χ2n) is 6.76. The number of sulfonamides is 1. The summed E-state index contributed by atoms with van der Waals surface area (Å²) in [6.07, 6.45) is 2.18. The van der Waals surface area contributed by atoms with E-state index in [9.17, 15) is 13.2 Å². The van der Waals surface area contributed by atoms with Gasteiger partial charge in [-0.05, 0) is 48.9 Å². The van der Waals surface area contributed by atoms with Crippen LogP contribution in [0.2, 0.25) is 0 Å². The molecule has 0 aliphatic heterocycles.